The monoisotopic (exact) mass is 239 g/mol. The van der Waals surface area contributed by atoms with Crippen molar-refractivity contribution in [1.82, 2.24) is 5.32 Å². The molecule has 1 aromatic rings. The van der Waals surface area contributed by atoms with E-state index in [4.69, 9.17) is 5.11 Å². The van der Waals surface area contributed by atoms with E-state index in [-0.39, 0.29) is 24.6 Å². The summed E-state index contributed by atoms with van der Waals surface area (Å²) in [7, 11) is 0. The highest BCUT2D eigenvalue weighted by molar-refractivity contribution is 5.97. The van der Waals surface area contributed by atoms with Crippen LogP contribution in [0, 0.1) is 5.82 Å². The minimum absolute atomic E-state index is 0.0811. The van der Waals surface area contributed by atoms with Crippen molar-refractivity contribution < 1.29 is 19.1 Å². The molecule has 0 heterocycles. The van der Waals surface area contributed by atoms with Crippen molar-refractivity contribution in [1.29, 1.82) is 0 Å². The van der Waals surface area contributed by atoms with E-state index < -0.39 is 5.97 Å². The molecule has 0 saturated carbocycles. The summed E-state index contributed by atoms with van der Waals surface area (Å²) < 4.78 is 12.6. The maximum absolute atomic E-state index is 12.6. The molecule has 0 unspecified atom stereocenters. The lowest BCUT2D eigenvalue weighted by Crippen LogP contribution is -2.24. The number of ketones is 1. The number of halogens is 1. The first-order valence-electron chi connectivity index (χ1n) is 5.31. The molecule has 0 aliphatic rings. The Morgan fingerprint density at radius 2 is 1.88 bits per heavy atom. The summed E-state index contributed by atoms with van der Waals surface area (Å²) in [5.74, 6) is -1.37. The van der Waals surface area contributed by atoms with E-state index in [9.17, 15) is 14.0 Å². The van der Waals surface area contributed by atoms with Crippen molar-refractivity contribution in [3.63, 3.8) is 0 Å². The second kappa shape index (κ2) is 6.75. The van der Waals surface area contributed by atoms with Crippen molar-refractivity contribution in [2.45, 2.75) is 12.8 Å². The third kappa shape index (κ3) is 5.21. The Morgan fingerprint density at radius 1 is 1.24 bits per heavy atom. The van der Waals surface area contributed by atoms with Gasteiger partial charge in [0.2, 0.25) is 0 Å². The number of carbonyl (C=O) groups is 2. The maximum atomic E-state index is 12.6. The van der Waals surface area contributed by atoms with Crippen LogP contribution in [-0.2, 0) is 4.79 Å². The van der Waals surface area contributed by atoms with Crippen LogP contribution in [0.1, 0.15) is 23.2 Å². The van der Waals surface area contributed by atoms with Gasteiger partial charge in [-0.2, -0.15) is 0 Å². The number of nitrogens with one attached hydrogen (secondary N) is 1. The van der Waals surface area contributed by atoms with E-state index >= 15 is 0 Å². The van der Waals surface area contributed by atoms with Gasteiger partial charge >= 0.3 is 5.97 Å². The SMILES string of the molecule is O=C(O)CCCNCC(=O)c1ccc(F)cc1. The van der Waals surface area contributed by atoms with E-state index in [0.717, 1.165) is 0 Å². The molecule has 0 bridgehead atoms. The van der Waals surface area contributed by atoms with Gasteiger partial charge in [0.25, 0.3) is 0 Å². The smallest absolute Gasteiger partial charge is 0.303 e. The molecule has 17 heavy (non-hydrogen) atoms. The molecular weight excluding hydrogens is 225 g/mol. The fourth-order valence-corrected chi connectivity index (χ4v) is 1.30. The first-order chi connectivity index (χ1) is 8.09. The largest absolute Gasteiger partial charge is 0.481 e. The molecule has 5 heteroatoms. The predicted octanol–water partition coefficient (Wildman–Crippen LogP) is 1.46. The van der Waals surface area contributed by atoms with Crippen LogP contribution in [0.15, 0.2) is 24.3 Å². The summed E-state index contributed by atoms with van der Waals surface area (Å²) in [4.78, 5) is 21.8. The zero-order valence-corrected chi connectivity index (χ0v) is 9.28. The van der Waals surface area contributed by atoms with Gasteiger partial charge in [-0.1, -0.05) is 0 Å². The van der Waals surface area contributed by atoms with Crippen LogP contribution in [-0.4, -0.2) is 29.9 Å². The van der Waals surface area contributed by atoms with E-state index in [0.29, 0.717) is 18.5 Å². The summed E-state index contributed by atoms with van der Waals surface area (Å²) in [6, 6.07) is 5.32. The van der Waals surface area contributed by atoms with Gasteiger partial charge in [0.1, 0.15) is 5.82 Å². The molecule has 4 nitrogen and oxygen atoms in total. The van der Waals surface area contributed by atoms with Crippen LogP contribution in [0.2, 0.25) is 0 Å². The molecule has 0 aromatic heterocycles. The third-order valence-corrected chi connectivity index (χ3v) is 2.20. The summed E-state index contributed by atoms with van der Waals surface area (Å²) in [6.45, 7) is 0.602. The number of benzene rings is 1. The summed E-state index contributed by atoms with van der Waals surface area (Å²) in [5.41, 5.74) is 0.442. The minimum atomic E-state index is -0.850. The molecular formula is C12H14FNO3. The molecule has 2 N–H and O–H groups in total. The molecule has 92 valence electrons. The van der Waals surface area contributed by atoms with Crippen molar-refractivity contribution in [3.8, 4) is 0 Å². The molecule has 0 fully saturated rings. The highest BCUT2D eigenvalue weighted by Crippen LogP contribution is 2.03. The Bertz CT molecular complexity index is 389. The van der Waals surface area contributed by atoms with Crippen LogP contribution in [0.5, 0.6) is 0 Å². The zero-order chi connectivity index (χ0) is 12.7. The van der Waals surface area contributed by atoms with E-state index in [1.54, 1.807) is 0 Å². The molecule has 0 radical (unpaired) electrons. The van der Waals surface area contributed by atoms with Gasteiger partial charge < -0.3 is 10.4 Å². The average Bonchev–Trinajstić information content (AvgIpc) is 2.29. The van der Waals surface area contributed by atoms with Crippen molar-refractivity contribution in [2.75, 3.05) is 13.1 Å². The van der Waals surface area contributed by atoms with E-state index in [1.807, 2.05) is 0 Å². The standard InChI is InChI=1S/C12H14FNO3/c13-10-5-3-9(4-6-10)11(15)8-14-7-1-2-12(16)17/h3-6,14H,1-2,7-8H2,(H,16,17). The van der Waals surface area contributed by atoms with Gasteiger partial charge in [-0.25, -0.2) is 4.39 Å². The van der Waals surface area contributed by atoms with Crippen molar-refractivity contribution in [3.05, 3.63) is 35.6 Å². The van der Waals surface area contributed by atoms with Crippen LogP contribution in [0.25, 0.3) is 0 Å². The van der Waals surface area contributed by atoms with Gasteiger partial charge in [0.15, 0.2) is 5.78 Å². The second-order valence-corrected chi connectivity index (χ2v) is 3.60. The first kappa shape index (κ1) is 13.3. The van der Waals surface area contributed by atoms with Crippen molar-refractivity contribution >= 4 is 11.8 Å². The molecule has 1 aromatic carbocycles. The Kier molecular flexibility index (Phi) is 5.29. The van der Waals surface area contributed by atoms with Crippen molar-refractivity contribution in [2.24, 2.45) is 0 Å². The van der Waals surface area contributed by atoms with Gasteiger partial charge in [0, 0.05) is 12.0 Å². The Labute approximate surface area is 98.5 Å². The second-order valence-electron chi connectivity index (χ2n) is 3.60. The number of hydrogen-bond acceptors (Lipinski definition) is 3. The van der Waals surface area contributed by atoms with Crippen LogP contribution in [0.3, 0.4) is 0 Å². The maximum Gasteiger partial charge on any atom is 0.303 e. The summed E-state index contributed by atoms with van der Waals surface area (Å²) in [6.07, 6.45) is 0.559. The lowest BCUT2D eigenvalue weighted by Gasteiger charge is -2.03. The van der Waals surface area contributed by atoms with Crippen LogP contribution in [0.4, 0.5) is 4.39 Å². The Morgan fingerprint density at radius 3 is 2.47 bits per heavy atom. The van der Waals surface area contributed by atoms with Crippen LogP contribution < -0.4 is 5.32 Å². The molecule has 0 atom stereocenters. The highest BCUT2D eigenvalue weighted by Gasteiger charge is 2.05. The van der Waals surface area contributed by atoms with Gasteiger partial charge in [0.05, 0.1) is 6.54 Å². The number of Topliss-reactive ketones (excluding diaryl/α,β-unsaturated/α-hetero) is 1. The molecule has 0 saturated heterocycles. The first-order valence-corrected chi connectivity index (χ1v) is 5.31. The van der Waals surface area contributed by atoms with Gasteiger partial charge in [-0.05, 0) is 37.2 Å². The fourth-order valence-electron chi connectivity index (χ4n) is 1.30. The molecule has 0 aliphatic carbocycles. The quantitative estimate of drug-likeness (QED) is 0.558. The Hall–Kier alpha value is -1.75. The lowest BCUT2D eigenvalue weighted by molar-refractivity contribution is -0.137. The number of carbonyl (C=O) groups excluding carboxylic acids is 1. The van der Waals surface area contributed by atoms with E-state index in [2.05, 4.69) is 5.32 Å². The third-order valence-electron chi connectivity index (χ3n) is 2.20. The molecule has 0 aliphatic heterocycles. The molecule has 0 amide bonds. The number of aliphatic carboxylic acids is 1. The zero-order valence-electron chi connectivity index (χ0n) is 9.28. The predicted molar refractivity (Wildman–Crippen MR) is 60.5 cm³/mol. The molecule has 0 spiro atoms. The number of carboxylic acid groups (broad SMARTS) is 1. The average molecular weight is 239 g/mol. The molecule has 1 rings (SSSR count). The van der Waals surface area contributed by atoms with E-state index in [1.165, 1.54) is 24.3 Å². The number of rotatable bonds is 7. The lowest BCUT2D eigenvalue weighted by atomic mass is 10.1. The van der Waals surface area contributed by atoms with Gasteiger partial charge in [-0.15, -0.1) is 0 Å². The number of hydrogen-bond donors (Lipinski definition) is 2. The minimum Gasteiger partial charge on any atom is -0.481 e. The van der Waals surface area contributed by atoms with Crippen LogP contribution >= 0.6 is 0 Å². The normalized spacial score (nSPS) is 10.2. The summed E-state index contributed by atoms with van der Waals surface area (Å²) >= 11 is 0. The fraction of sp³-hybridized carbons (Fsp3) is 0.333. The number of carboxylic acids is 1. The Balaban J connectivity index is 2.25. The highest BCUT2D eigenvalue weighted by atomic mass is 19.1. The summed E-state index contributed by atoms with van der Waals surface area (Å²) in [5, 5.41) is 11.2. The van der Waals surface area contributed by atoms with Gasteiger partial charge in [-0.3, -0.25) is 9.59 Å². The topological polar surface area (TPSA) is 66.4 Å².